The molecule has 21 heavy (non-hydrogen) atoms. The quantitative estimate of drug-likeness (QED) is 0.870. The van der Waals surface area contributed by atoms with Crippen LogP contribution in [-0.2, 0) is 9.59 Å². The lowest BCUT2D eigenvalue weighted by molar-refractivity contribution is -0.138. The first-order valence-corrected chi connectivity index (χ1v) is 7.46. The summed E-state index contributed by atoms with van der Waals surface area (Å²) in [4.78, 5) is 25.7. The number of benzene rings is 1. The lowest BCUT2D eigenvalue weighted by atomic mass is 10.1. The number of anilines is 1. The lowest BCUT2D eigenvalue weighted by Crippen LogP contribution is -2.52. The molecule has 1 aromatic rings. The summed E-state index contributed by atoms with van der Waals surface area (Å²) in [7, 11) is 0. The number of para-hydroxylation sites is 1. The van der Waals surface area contributed by atoms with Crippen molar-refractivity contribution in [2.45, 2.75) is 39.2 Å². The van der Waals surface area contributed by atoms with Gasteiger partial charge in [0, 0.05) is 18.2 Å². The molecule has 1 unspecified atom stereocenters. The molecule has 1 fully saturated rings. The minimum Gasteiger partial charge on any atom is -0.324 e. The second-order valence-electron chi connectivity index (χ2n) is 5.51. The van der Waals surface area contributed by atoms with Crippen LogP contribution >= 0.6 is 0 Å². The molecule has 114 valence electrons. The van der Waals surface area contributed by atoms with Crippen LogP contribution in [0.25, 0.3) is 0 Å². The maximum Gasteiger partial charge on any atom is 0.244 e. The van der Waals surface area contributed by atoms with Crippen LogP contribution in [0.3, 0.4) is 0 Å². The van der Waals surface area contributed by atoms with Gasteiger partial charge in [0.05, 0.1) is 6.67 Å². The highest BCUT2D eigenvalue weighted by molar-refractivity contribution is 5.95. The SMILES string of the molecule is CCCC1CC(=O)N(CC(=O)Nc2ccccc2C)CN1. The fraction of sp³-hybridized carbons (Fsp3) is 0.500. The summed E-state index contributed by atoms with van der Waals surface area (Å²) < 4.78 is 0. The van der Waals surface area contributed by atoms with Crippen molar-refractivity contribution in [2.24, 2.45) is 0 Å². The Morgan fingerprint density at radius 3 is 2.86 bits per heavy atom. The molecule has 0 saturated carbocycles. The van der Waals surface area contributed by atoms with Crippen LogP contribution < -0.4 is 10.6 Å². The van der Waals surface area contributed by atoms with Gasteiger partial charge >= 0.3 is 0 Å². The van der Waals surface area contributed by atoms with Gasteiger partial charge < -0.3 is 10.2 Å². The van der Waals surface area contributed by atoms with E-state index in [4.69, 9.17) is 0 Å². The Hall–Kier alpha value is -1.88. The van der Waals surface area contributed by atoms with Gasteiger partial charge in [-0.15, -0.1) is 0 Å². The first-order chi connectivity index (χ1) is 10.1. The summed E-state index contributed by atoms with van der Waals surface area (Å²) in [5, 5.41) is 6.16. The molecule has 1 aromatic carbocycles. The van der Waals surface area contributed by atoms with E-state index in [2.05, 4.69) is 17.6 Å². The fourth-order valence-electron chi connectivity index (χ4n) is 2.51. The smallest absolute Gasteiger partial charge is 0.244 e. The normalized spacial score (nSPS) is 18.7. The number of hydrogen-bond donors (Lipinski definition) is 2. The van der Waals surface area contributed by atoms with E-state index >= 15 is 0 Å². The molecule has 1 heterocycles. The fourth-order valence-corrected chi connectivity index (χ4v) is 2.51. The Kier molecular flexibility index (Phi) is 5.33. The number of nitrogens with one attached hydrogen (secondary N) is 2. The lowest BCUT2D eigenvalue weighted by Gasteiger charge is -2.32. The molecule has 1 aliphatic rings. The zero-order valence-corrected chi connectivity index (χ0v) is 12.7. The number of nitrogens with zero attached hydrogens (tertiary/aromatic N) is 1. The van der Waals surface area contributed by atoms with Crippen LogP contribution in [-0.4, -0.2) is 36.0 Å². The average Bonchev–Trinajstić information content (AvgIpc) is 2.45. The summed E-state index contributed by atoms with van der Waals surface area (Å²) in [5.41, 5.74) is 1.81. The van der Waals surface area contributed by atoms with Crippen LogP contribution in [0.5, 0.6) is 0 Å². The summed E-state index contributed by atoms with van der Waals surface area (Å²) in [5.74, 6) is -0.111. The van der Waals surface area contributed by atoms with Crippen molar-refractivity contribution >= 4 is 17.5 Å². The largest absolute Gasteiger partial charge is 0.324 e. The van der Waals surface area contributed by atoms with Crippen molar-refractivity contribution in [1.82, 2.24) is 10.2 Å². The maximum atomic E-state index is 12.1. The van der Waals surface area contributed by atoms with E-state index in [1.807, 2.05) is 31.2 Å². The highest BCUT2D eigenvalue weighted by atomic mass is 16.2. The van der Waals surface area contributed by atoms with E-state index in [0.717, 1.165) is 24.1 Å². The monoisotopic (exact) mass is 289 g/mol. The predicted octanol–water partition coefficient (Wildman–Crippen LogP) is 1.88. The third-order valence-corrected chi connectivity index (χ3v) is 3.74. The summed E-state index contributed by atoms with van der Waals surface area (Å²) in [6, 6.07) is 7.86. The van der Waals surface area contributed by atoms with Gasteiger partial charge in [-0.05, 0) is 25.0 Å². The Labute approximate surface area is 125 Å². The first-order valence-electron chi connectivity index (χ1n) is 7.46. The van der Waals surface area contributed by atoms with E-state index in [1.54, 1.807) is 4.90 Å². The standard InChI is InChI=1S/C16H23N3O2/c1-3-6-13-9-16(21)19(11-17-13)10-15(20)18-14-8-5-4-7-12(14)2/h4-5,7-8,13,17H,3,6,9-11H2,1-2H3,(H,18,20). The minimum atomic E-state index is -0.159. The average molecular weight is 289 g/mol. The van der Waals surface area contributed by atoms with Crippen molar-refractivity contribution in [2.75, 3.05) is 18.5 Å². The Morgan fingerprint density at radius 1 is 1.43 bits per heavy atom. The number of aryl methyl sites for hydroxylation is 1. The van der Waals surface area contributed by atoms with Crippen molar-refractivity contribution in [3.63, 3.8) is 0 Å². The van der Waals surface area contributed by atoms with Gasteiger partial charge in [0.2, 0.25) is 11.8 Å². The van der Waals surface area contributed by atoms with Crippen LogP contribution in [0.2, 0.25) is 0 Å². The first kappa shape index (κ1) is 15.5. The second kappa shape index (κ2) is 7.22. The number of carbonyl (C=O) groups is 2. The van der Waals surface area contributed by atoms with Gasteiger partial charge in [0.25, 0.3) is 0 Å². The molecule has 0 radical (unpaired) electrons. The number of rotatable bonds is 5. The van der Waals surface area contributed by atoms with Crippen LogP contribution in [0.4, 0.5) is 5.69 Å². The number of carbonyl (C=O) groups excluding carboxylic acids is 2. The molecule has 1 atom stereocenters. The molecule has 5 nitrogen and oxygen atoms in total. The van der Waals surface area contributed by atoms with Crippen LogP contribution in [0.15, 0.2) is 24.3 Å². The predicted molar refractivity (Wildman–Crippen MR) is 82.8 cm³/mol. The molecular weight excluding hydrogens is 266 g/mol. The van der Waals surface area contributed by atoms with Crippen molar-refractivity contribution in [1.29, 1.82) is 0 Å². The zero-order chi connectivity index (χ0) is 15.2. The van der Waals surface area contributed by atoms with E-state index in [9.17, 15) is 9.59 Å². The Bertz CT molecular complexity index is 516. The Morgan fingerprint density at radius 2 is 2.19 bits per heavy atom. The molecule has 1 aliphatic heterocycles. The van der Waals surface area contributed by atoms with Crippen LogP contribution in [0.1, 0.15) is 31.7 Å². The van der Waals surface area contributed by atoms with E-state index in [1.165, 1.54) is 0 Å². The van der Waals surface area contributed by atoms with E-state index < -0.39 is 0 Å². The summed E-state index contributed by atoms with van der Waals surface area (Å²) in [6.45, 7) is 4.59. The molecule has 1 saturated heterocycles. The van der Waals surface area contributed by atoms with Gasteiger partial charge in [0.15, 0.2) is 0 Å². The third kappa shape index (κ3) is 4.29. The molecule has 2 amide bonds. The zero-order valence-electron chi connectivity index (χ0n) is 12.7. The molecule has 2 rings (SSSR count). The number of hydrogen-bond acceptors (Lipinski definition) is 3. The second-order valence-corrected chi connectivity index (χ2v) is 5.51. The van der Waals surface area contributed by atoms with Gasteiger partial charge in [-0.2, -0.15) is 0 Å². The molecule has 0 aromatic heterocycles. The molecule has 5 heteroatoms. The molecule has 0 bridgehead atoms. The molecule has 2 N–H and O–H groups in total. The van der Waals surface area contributed by atoms with Gasteiger partial charge in [-0.3, -0.25) is 14.9 Å². The molecular formula is C16H23N3O2. The topological polar surface area (TPSA) is 61.4 Å². The third-order valence-electron chi connectivity index (χ3n) is 3.74. The van der Waals surface area contributed by atoms with Crippen molar-refractivity contribution in [3.05, 3.63) is 29.8 Å². The number of amides is 2. The molecule has 0 aliphatic carbocycles. The minimum absolute atomic E-state index is 0.0483. The van der Waals surface area contributed by atoms with Crippen molar-refractivity contribution < 1.29 is 9.59 Å². The van der Waals surface area contributed by atoms with Gasteiger partial charge in [-0.25, -0.2) is 0 Å². The highest BCUT2D eigenvalue weighted by Gasteiger charge is 2.26. The highest BCUT2D eigenvalue weighted by Crippen LogP contribution is 2.14. The van der Waals surface area contributed by atoms with E-state index in [-0.39, 0.29) is 24.4 Å². The van der Waals surface area contributed by atoms with Gasteiger partial charge in [-0.1, -0.05) is 31.5 Å². The Balaban J connectivity index is 1.86. The maximum absolute atomic E-state index is 12.1. The summed E-state index contributed by atoms with van der Waals surface area (Å²) in [6.07, 6.45) is 2.53. The van der Waals surface area contributed by atoms with E-state index in [0.29, 0.717) is 13.1 Å². The van der Waals surface area contributed by atoms with Crippen LogP contribution in [0, 0.1) is 6.92 Å². The van der Waals surface area contributed by atoms with Gasteiger partial charge in [0.1, 0.15) is 6.54 Å². The van der Waals surface area contributed by atoms with Crippen molar-refractivity contribution in [3.8, 4) is 0 Å². The molecule has 0 spiro atoms. The summed E-state index contributed by atoms with van der Waals surface area (Å²) >= 11 is 0.